The molecule has 0 fully saturated rings. The summed E-state index contributed by atoms with van der Waals surface area (Å²) in [5.74, 6) is -1.34. The van der Waals surface area contributed by atoms with Crippen molar-refractivity contribution in [1.82, 2.24) is 5.32 Å². The maximum atomic E-state index is 11.7. The van der Waals surface area contributed by atoms with Gasteiger partial charge in [0.1, 0.15) is 0 Å². The number of carbonyl (C=O) groups excluding carboxylic acids is 1. The van der Waals surface area contributed by atoms with Crippen molar-refractivity contribution in [2.24, 2.45) is 0 Å². The quantitative estimate of drug-likeness (QED) is 0.749. The van der Waals surface area contributed by atoms with Gasteiger partial charge in [-0.1, -0.05) is 22.9 Å². The molecule has 1 rings (SSSR count). The molecule has 1 aromatic carbocycles. The van der Waals surface area contributed by atoms with Crippen molar-refractivity contribution < 1.29 is 14.7 Å². The Morgan fingerprint density at radius 1 is 1.42 bits per heavy atom. The topological polar surface area (TPSA) is 78.4 Å². The molecule has 0 spiro atoms. The second kappa shape index (κ2) is 7.25. The summed E-state index contributed by atoms with van der Waals surface area (Å²) in [4.78, 5) is 22.8. The summed E-state index contributed by atoms with van der Waals surface area (Å²) < 4.78 is 0.653. The van der Waals surface area contributed by atoms with Crippen molar-refractivity contribution in [3.63, 3.8) is 0 Å². The van der Waals surface area contributed by atoms with Gasteiger partial charge < -0.3 is 15.7 Å². The molecule has 1 aromatic rings. The highest BCUT2D eigenvalue weighted by Gasteiger charge is 2.13. The summed E-state index contributed by atoms with van der Waals surface area (Å²) in [6, 6.07) is 4.95. The Bertz CT molecular complexity index is 477. The first-order valence-corrected chi connectivity index (χ1v) is 6.79. The maximum Gasteiger partial charge on any atom is 0.337 e. The molecule has 1 atom stereocenters. The zero-order chi connectivity index (χ0) is 14.4. The van der Waals surface area contributed by atoms with Gasteiger partial charge in [0, 0.05) is 10.5 Å². The normalized spacial score (nSPS) is 11.9. The Kier molecular flexibility index (Phi) is 5.98. The van der Waals surface area contributed by atoms with Gasteiger partial charge >= 0.3 is 5.97 Å². The molecule has 0 bridgehead atoms. The summed E-state index contributed by atoms with van der Waals surface area (Å²) in [6.45, 7) is 4.16. The van der Waals surface area contributed by atoms with Crippen molar-refractivity contribution in [2.75, 3.05) is 11.9 Å². The fourth-order valence-corrected chi connectivity index (χ4v) is 1.77. The lowest BCUT2D eigenvalue weighted by Gasteiger charge is -2.12. The molecule has 0 aliphatic heterocycles. The number of halogens is 1. The number of rotatable bonds is 6. The summed E-state index contributed by atoms with van der Waals surface area (Å²) in [7, 11) is 0. The number of aromatic carboxylic acids is 1. The van der Waals surface area contributed by atoms with E-state index in [1.807, 2.05) is 13.8 Å². The molecular weight excluding hydrogens is 312 g/mol. The summed E-state index contributed by atoms with van der Waals surface area (Å²) >= 11 is 3.20. The van der Waals surface area contributed by atoms with Crippen LogP contribution in [0.4, 0.5) is 5.69 Å². The smallest absolute Gasteiger partial charge is 0.337 e. The van der Waals surface area contributed by atoms with Crippen LogP contribution in [-0.4, -0.2) is 29.6 Å². The average Bonchev–Trinajstić information content (AvgIpc) is 2.37. The first kappa shape index (κ1) is 15.7. The Balaban J connectivity index is 2.71. The van der Waals surface area contributed by atoms with E-state index < -0.39 is 5.97 Å². The van der Waals surface area contributed by atoms with Crippen LogP contribution in [0.15, 0.2) is 22.7 Å². The molecule has 0 aliphatic rings. The number of carboxylic acid groups (broad SMARTS) is 1. The first-order valence-electron chi connectivity index (χ1n) is 6.00. The van der Waals surface area contributed by atoms with Crippen LogP contribution in [0.1, 0.15) is 30.6 Å². The monoisotopic (exact) mass is 328 g/mol. The lowest BCUT2D eigenvalue weighted by molar-refractivity contribution is -0.115. The second-order valence-corrected chi connectivity index (χ2v) is 5.15. The molecule has 1 unspecified atom stereocenters. The Morgan fingerprint density at radius 3 is 2.68 bits per heavy atom. The van der Waals surface area contributed by atoms with Crippen LogP contribution in [0.5, 0.6) is 0 Å². The standard InChI is InChI=1S/C13H17BrN2O3/c1-3-8(2)15-7-12(17)16-11-5-4-9(14)6-10(11)13(18)19/h4-6,8,15H,3,7H2,1-2H3,(H,16,17)(H,18,19). The molecule has 3 N–H and O–H groups in total. The lowest BCUT2D eigenvalue weighted by Crippen LogP contribution is -2.34. The molecule has 0 heterocycles. The number of benzene rings is 1. The van der Waals surface area contributed by atoms with E-state index >= 15 is 0 Å². The minimum atomic E-state index is -1.08. The van der Waals surface area contributed by atoms with Crippen LogP contribution in [0.25, 0.3) is 0 Å². The van der Waals surface area contributed by atoms with E-state index in [2.05, 4.69) is 26.6 Å². The van der Waals surface area contributed by atoms with Gasteiger partial charge in [-0.3, -0.25) is 4.79 Å². The molecule has 0 aromatic heterocycles. The maximum absolute atomic E-state index is 11.7. The predicted molar refractivity (Wildman–Crippen MR) is 77.5 cm³/mol. The van der Waals surface area contributed by atoms with Crippen molar-refractivity contribution >= 4 is 33.5 Å². The minimum Gasteiger partial charge on any atom is -0.478 e. The first-order chi connectivity index (χ1) is 8.93. The molecule has 104 valence electrons. The van der Waals surface area contributed by atoms with E-state index in [4.69, 9.17) is 5.11 Å². The molecule has 0 saturated carbocycles. The number of amides is 1. The Labute approximate surface area is 120 Å². The Hall–Kier alpha value is -1.40. The molecule has 6 heteroatoms. The minimum absolute atomic E-state index is 0.0614. The van der Waals surface area contributed by atoms with Gasteiger partial charge in [-0.05, 0) is 31.5 Å². The van der Waals surface area contributed by atoms with Crippen molar-refractivity contribution in [3.8, 4) is 0 Å². The summed E-state index contributed by atoms with van der Waals surface area (Å²) in [5, 5.41) is 14.7. The fraction of sp³-hybridized carbons (Fsp3) is 0.385. The van der Waals surface area contributed by atoms with E-state index in [9.17, 15) is 9.59 Å². The number of hydrogen-bond acceptors (Lipinski definition) is 3. The van der Waals surface area contributed by atoms with Gasteiger partial charge in [-0.2, -0.15) is 0 Å². The van der Waals surface area contributed by atoms with Gasteiger partial charge in [0.25, 0.3) is 0 Å². The molecule has 19 heavy (non-hydrogen) atoms. The summed E-state index contributed by atoms with van der Waals surface area (Å²) in [5.41, 5.74) is 0.359. The van der Waals surface area contributed by atoms with Crippen LogP contribution in [0, 0.1) is 0 Å². The molecular formula is C13H17BrN2O3. The molecule has 0 saturated heterocycles. The third kappa shape index (κ3) is 5.00. The van der Waals surface area contributed by atoms with E-state index in [1.165, 1.54) is 6.07 Å². The van der Waals surface area contributed by atoms with Crippen molar-refractivity contribution in [3.05, 3.63) is 28.2 Å². The fourth-order valence-electron chi connectivity index (χ4n) is 1.41. The third-order valence-corrected chi connectivity index (χ3v) is 3.20. The number of carboxylic acids is 1. The van der Waals surface area contributed by atoms with E-state index in [-0.39, 0.29) is 24.1 Å². The van der Waals surface area contributed by atoms with Gasteiger partial charge in [-0.15, -0.1) is 0 Å². The van der Waals surface area contributed by atoms with E-state index in [0.29, 0.717) is 10.2 Å². The predicted octanol–water partition coefficient (Wildman–Crippen LogP) is 2.47. The largest absolute Gasteiger partial charge is 0.478 e. The van der Waals surface area contributed by atoms with Crippen LogP contribution < -0.4 is 10.6 Å². The van der Waals surface area contributed by atoms with Gasteiger partial charge in [0.15, 0.2) is 0 Å². The zero-order valence-electron chi connectivity index (χ0n) is 10.9. The van der Waals surface area contributed by atoms with Crippen LogP contribution >= 0.6 is 15.9 Å². The number of carbonyl (C=O) groups is 2. The molecule has 0 aliphatic carbocycles. The van der Waals surface area contributed by atoms with E-state index in [0.717, 1.165) is 6.42 Å². The van der Waals surface area contributed by atoms with E-state index in [1.54, 1.807) is 12.1 Å². The van der Waals surface area contributed by atoms with Crippen molar-refractivity contribution in [1.29, 1.82) is 0 Å². The third-order valence-electron chi connectivity index (χ3n) is 2.71. The molecule has 0 radical (unpaired) electrons. The number of anilines is 1. The number of nitrogens with one attached hydrogen (secondary N) is 2. The summed E-state index contributed by atoms with van der Waals surface area (Å²) in [6.07, 6.45) is 0.923. The van der Waals surface area contributed by atoms with Gasteiger partial charge in [0.2, 0.25) is 5.91 Å². The highest BCUT2D eigenvalue weighted by molar-refractivity contribution is 9.10. The highest BCUT2D eigenvalue weighted by Crippen LogP contribution is 2.21. The zero-order valence-corrected chi connectivity index (χ0v) is 12.5. The number of hydrogen-bond donors (Lipinski definition) is 3. The van der Waals surface area contributed by atoms with Gasteiger partial charge in [0.05, 0.1) is 17.8 Å². The van der Waals surface area contributed by atoms with Crippen molar-refractivity contribution in [2.45, 2.75) is 26.3 Å². The average molecular weight is 329 g/mol. The molecule has 1 amide bonds. The van der Waals surface area contributed by atoms with Crippen LogP contribution in [0.3, 0.4) is 0 Å². The van der Waals surface area contributed by atoms with Crippen LogP contribution in [-0.2, 0) is 4.79 Å². The molecule has 5 nitrogen and oxygen atoms in total. The highest BCUT2D eigenvalue weighted by atomic mass is 79.9. The van der Waals surface area contributed by atoms with Crippen LogP contribution in [0.2, 0.25) is 0 Å². The van der Waals surface area contributed by atoms with Gasteiger partial charge in [-0.25, -0.2) is 4.79 Å². The second-order valence-electron chi connectivity index (χ2n) is 4.23. The lowest BCUT2D eigenvalue weighted by atomic mass is 10.2. The SMILES string of the molecule is CCC(C)NCC(=O)Nc1ccc(Br)cc1C(=O)O. The Morgan fingerprint density at radius 2 is 2.11 bits per heavy atom.